The van der Waals surface area contributed by atoms with E-state index in [-0.39, 0.29) is 11.9 Å². The van der Waals surface area contributed by atoms with Gasteiger partial charge in [0, 0.05) is 40.2 Å². The quantitative estimate of drug-likeness (QED) is 0.458. The van der Waals surface area contributed by atoms with Crippen LogP contribution in [0.1, 0.15) is 50.4 Å². The molecule has 0 saturated heterocycles. The Balaban J connectivity index is 1.41. The normalized spacial score (nSPS) is 16.2. The second kappa shape index (κ2) is 7.63. The van der Waals surface area contributed by atoms with Crippen molar-refractivity contribution in [2.24, 2.45) is 0 Å². The van der Waals surface area contributed by atoms with Crippen LogP contribution in [0, 0.1) is 20.8 Å². The Labute approximate surface area is 184 Å². The van der Waals surface area contributed by atoms with E-state index in [0.29, 0.717) is 12.8 Å². The largest absolute Gasteiger partial charge is 0.330 e. The molecule has 0 radical (unpaired) electrons. The van der Waals surface area contributed by atoms with Gasteiger partial charge in [0.2, 0.25) is 5.91 Å². The molecule has 0 N–H and O–H groups in total. The zero-order chi connectivity index (χ0) is 20.8. The summed E-state index contributed by atoms with van der Waals surface area (Å²) in [5.74, 6) is 0.209. The van der Waals surface area contributed by atoms with Crippen LogP contribution in [-0.4, -0.2) is 31.9 Å². The molecule has 5 nitrogen and oxygen atoms in total. The Bertz CT molecular complexity index is 1220. The van der Waals surface area contributed by atoms with Crippen LogP contribution in [-0.2, 0) is 17.6 Å². The summed E-state index contributed by atoms with van der Waals surface area (Å²) in [6, 6.07) is 8.45. The number of carbonyl (C=O) groups is 1. The molecule has 4 aromatic rings. The zero-order valence-electron chi connectivity index (χ0n) is 17.4. The molecule has 1 aliphatic rings. The SMILES string of the molecule is Cc1cc2nc(C)c(CCC(=O)N3CCc4sccc4[C@@H]3c3cccs3)c(C)n2n1. The van der Waals surface area contributed by atoms with Crippen molar-refractivity contribution < 1.29 is 4.79 Å². The fraction of sp³-hybridized carbons (Fsp3) is 0.348. The topological polar surface area (TPSA) is 50.5 Å². The molecule has 7 heteroatoms. The van der Waals surface area contributed by atoms with Crippen LogP contribution >= 0.6 is 22.7 Å². The van der Waals surface area contributed by atoms with Gasteiger partial charge < -0.3 is 4.90 Å². The first kappa shape index (κ1) is 19.5. The van der Waals surface area contributed by atoms with Crippen molar-refractivity contribution in [2.45, 2.75) is 46.1 Å². The molecule has 30 heavy (non-hydrogen) atoms. The standard InChI is InChI=1S/C23H24N4OS2/c1-14-13-21-24-15(2)17(16(3)27(21)25-14)6-7-22(28)26-10-8-19-18(9-12-30-19)23(26)20-5-4-11-29-20/h4-5,9,11-13,23H,6-8,10H2,1-3H3/t23-/m1/s1. The van der Waals surface area contributed by atoms with Gasteiger partial charge in [-0.3, -0.25) is 4.79 Å². The summed E-state index contributed by atoms with van der Waals surface area (Å²) in [5.41, 5.74) is 6.31. The highest BCUT2D eigenvalue weighted by molar-refractivity contribution is 7.10. The lowest BCUT2D eigenvalue weighted by atomic mass is 9.97. The number of hydrogen-bond donors (Lipinski definition) is 0. The molecular weight excluding hydrogens is 412 g/mol. The maximum absolute atomic E-state index is 13.4. The lowest BCUT2D eigenvalue weighted by Crippen LogP contribution is -2.39. The van der Waals surface area contributed by atoms with Crippen LogP contribution < -0.4 is 0 Å². The van der Waals surface area contributed by atoms with Crippen molar-refractivity contribution >= 4 is 34.2 Å². The van der Waals surface area contributed by atoms with Crippen LogP contribution in [0.3, 0.4) is 0 Å². The molecule has 5 heterocycles. The van der Waals surface area contributed by atoms with Crippen molar-refractivity contribution in [1.82, 2.24) is 19.5 Å². The van der Waals surface area contributed by atoms with E-state index in [1.807, 2.05) is 24.4 Å². The highest BCUT2D eigenvalue weighted by atomic mass is 32.1. The zero-order valence-corrected chi connectivity index (χ0v) is 19.0. The van der Waals surface area contributed by atoms with Gasteiger partial charge in [0.15, 0.2) is 5.65 Å². The van der Waals surface area contributed by atoms with Crippen LogP contribution in [0.5, 0.6) is 0 Å². The second-order valence-electron chi connectivity index (χ2n) is 7.87. The lowest BCUT2D eigenvalue weighted by molar-refractivity contribution is -0.133. The molecule has 1 aliphatic heterocycles. The summed E-state index contributed by atoms with van der Waals surface area (Å²) in [7, 11) is 0. The number of amides is 1. The number of rotatable bonds is 4. The van der Waals surface area contributed by atoms with Gasteiger partial charge in [-0.25, -0.2) is 9.50 Å². The van der Waals surface area contributed by atoms with Crippen molar-refractivity contribution in [3.05, 3.63) is 73.0 Å². The second-order valence-corrected chi connectivity index (χ2v) is 9.85. The summed E-state index contributed by atoms with van der Waals surface area (Å²) in [5, 5.41) is 8.80. The molecule has 1 atom stereocenters. The van der Waals surface area contributed by atoms with Crippen LogP contribution in [0.15, 0.2) is 35.0 Å². The average Bonchev–Trinajstić information content (AvgIpc) is 3.47. The molecule has 0 saturated carbocycles. The summed E-state index contributed by atoms with van der Waals surface area (Å²) in [6.07, 6.45) is 2.11. The van der Waals surface area contributed by atoms with E-state index in [0.717, 1.165) is 41.3 Å². The predicted molar refractivity (Wildman–Crippen MR) is 121 cm³/mol. The first-order valence-corrected chi connectivity index (χ1v) is 12.0. The summed E-state index contributed by atoms with van der Waals surface area (Å²) < 4.78 is 1.90. The maximum Gasteiger partial charge on any atom is 0.223 e. The van der Waals surface area contributed by atoms with E-state index in [9.17, 15) is 4.79 Å². The molecule has 0 unspecified atom stereocenters. The molecule has 0 aliphatic carbocycles. The number of hydrogen-bond acceptors (Lipinski definition) is 5. The fourth-order valence-corrected chi connectivity index (χ4v) is 6.28. The third kappa shape index (κ3) is 3.26. The first-order chi connectivity index (χ1) is 14.5. The van der Waals surface area contributed by atoms with Crippen molar-refractivity contribution in [1.29, 1.82) is 0 Å². The molecule has 1 amide bonds. The number of carbonyl (C=O) groups excluding carboxylic acids is 1. The van der Waals surface area contributed by atoms with Crippen LogP contribution in [0.2, 0.25) is 0 Å². The van der Waals surface area contributed by atoms with Crippen molar-refractivity contribution in [3.8, 4) is 0 Å². The average molecular weight is 437 g/mol. The monoisotopic (exact) mass is 436 g/mol. The summed E-state index contributed by atoms with van der Waals surface area (Å²) in [4.78, 5) is 22.8. The van der Waals surface area contributed by atoms with Gasteiger partial charge in [-0.15, -0.1) is 22.7 Å². The summed E-state index contributed by atoms with van der Waals surface area (Å²) in [6.45, 7) is 6.86. The molecule has 0 bridgehead atoms. The molecule has 154 valence electrons. The Morgan fingerprint density at radius 3 is 2.87 bits per heavy atom. The van der Waals surface area contributed by atoms with Gasteiger partial charge in [0.05, 0.1) is 11.7 Å². The highest BCUT2D eigenvalue weighted by Gasteiger charge is 2.33. The van der Waals surface area contributed by atoms with Crippen molar-refractivity contribution in [3.63, 3.8) is 0 Å². The lowest BCUT2D eigenvalue weighted by Gasteiger charge is -2.35. The first-order valence-electron chi connectivity index (χ1n) is 10.2. The third-order valence-electron chi connectivity index (χ3n) is 5.97. The molecule has 0 spiro atoms. The third-order valence-corrected chi connectivity index (χ3v) is 7.90. The summed E-state index contributed by atoms with van der Waals surface area (Å²) >= 11 is 3.54. The molecule has 5 rings (SSSR count). The van der Waals surface area contributed by atoms with E-state index < -0.39 is 0 Å². The van der Waals surface area contributed by atoms with Gasteiger partial charge in [-0.2, -0.15) is 5.10 Å². The van der Waals surface area contributed by atoms with Crippen LogP contribution in [0.4, 0.5) is 0 Å². The smallest absolute Gasteiger partial charge is 0.223 e. The Hall–Kier alpha value is -2.51. The molecular formula is C23H24N4OS2. The Morgan fingerprint density at radius 1 is 1.20 bits per heavy atom. The molecule has 0 fully saturated rings. The van der Waals surface area contributed by atoms with E-state index in [1.54, 1.807) is 22.7 Å². The van der Waals surface area contributed by atoms with Crippen LogP contribution in [0.25, 0.3) is 5.65 Å². The maximum atomic E-state index is 13.4. The fourth-order valence-electron chi connectivity index (χ4n) is 4.52. The number of thiophene rings is 2. The van der Waals surface area contributed by atoms with E-state index in [2.05, 4.69) is 45.9 Å². The predicted octanol–water partition coefficient (Wildman–Crippen LogP) is 4.88. The minimum Gasteiger partial charge on any atom is -0.330 e. The van der Waals surface area contributed by atoms with E-state index in [4.69, 9.17) is 4.98 Å². The van der Waals surface area contributed by atoms with Gasteiger partial charge >= 0.3 is 0 Å². The van der Waals surface area contributed by atoms with E-state index in [1.165, 1.54) is 15.3 Å². The highest BCUT2D eigenvalue weighted by Crippen LogP contribution is 2.39. The van der Waals surface area contributed by atoms with Gasteiger partial charge in [-0.1, -0.05) is 6.07 Å². The Morgan fingerprint density at radius 2 is 2.07 bits per heavy atom. The molecule has 4 aromatic heterocycles. The van der Waals surface area contributed by atoms with E-state index >= 15 is 0 Å². The number of nitrogens with zero attached hydrogens (tertiary/aromatic N) is 4. The number of aromatic nitrogens is 3. The number of aryl methyl sites for hydroxylation is 3. The van der Waals surface area contributed by atoms with Gasteiger partial charge in [-0.05, 0) is 67.6 Å². The number of fused-ring (bicyclic) bond motifs is 2. The molecule has 0 aromatic carbocycles. The Kier molecular flexibility index (Phi) is 4.95. The minimum atomic E-state index is 0.0454. The van der Waals surface area contributed by atoms with Gasteiger partial charge in [0.25, 0.3) is 0 Å². The minimum absolute atomic E-state index is 0.0454. The van der Waals surface area contributed by atoms with Crippen molar-refractivity contribution in [2.75, 3.05) is 6.54 Å². The van der Waals surface area contributed by atoms with Gasteiger partial charge in [0.1, 0.15) is 0 Å².